The number of hydrogen-bond acceptors (Lipinski definition) is 3. The van der Waals surface area contributed by atoms with Crippen molar-refractivity contribution in [3.63, 3.8) is 0 Å². The molecule has 0 saturated heterocycles. The summed E-state index contributed by atoms with van der Waals surface area (Å²) >= 11 is 3.44. The van der Waals surface area contributed by atoms with Gasteiger partial charge in [-0.3, -0.25) is 9.59 Å². The van der Waals surface area contributed by atoms with Crippen LogP contribution in [0.15, 0.2) is 51.4 Å². The fourth-order valence-electron chi connectivity index (χ4n) is 3.64. The third-order valence-corrected chi connectivity index (χ3v) is 5.69. The number of furan rings is 1. The molecule has 1 aromatic heterocycles. The summed E-state index contributed by atoms with van der Waals surface area (Å²) in [6, 6.07) is 12.8. The molecule has 0 bridgehead atoms. The van der Waals surface area contributed by atoms with Crippen molar-refractivity contribution in [3.8, 4) is 0 Å². The number of halogens is 1. The first-order chi connectivity index (χ1) is 13.5. The van der Waals surface area contributed by atoms with Crippen molar-refractivity contribution in [1.82, 2.24) is 5.32 Å². The van der Waals surface area contributed by atoms with E-state index in [1.807, 2.05) is 25.1 Å². The molecule has 4 rings (SSSR count). The molecule has 2 amide bonds. The second-order valence-electron chi connectivity index (χ2n) is 7.18. The highest BCUT2D eigenvalue weighted by atomic mass is 79.9. The van der Waals surface area contributed by atoms with Crippen LogP contribution in [-0.4, -0.2) is 17.9 Å². The highest BCUT2D eigenvalue weighted by Gasteiger charge is 2.19. The molecule has 0 aliphatic heterocycles. The number of nitrogens with one attached hydrogen (secondary N) is 2. The molecule has 1 heterocycles. The summed E-state index contributed by atoms with van der Waals surface area (Å²) in [5, 5.41) is 6.80. The summed E-state index contributed by atoms with van der Waals surface area (Å²) in [6.45, 7) is 1.86. The van der Waals surface area contributed by atoms with E-state index < -0.39 is 0 Å². The Balaban J connectivity index is 1.46. The maximum atomic E-state index is 12.6. The van der Waals surface area contributed by atoms with Crippen molar-refractivity contribution in [2.75, 3.05) is 5.32 Å². The molecule has 28 heavy (non-hydrogen) atoms. The Morgan fingerprint density at radius 2 is 1.75 bits per heavy atom. The largest absolute Gasteiger partial charge is 0.451 e. The highest BCUT2D eigenvalue weighted by molar-refractivity contribution is 9.10. The maximum absolute atomic E-state index is 12.6. The van der Waals surface area contributed by atoms with Gasteiger partial charge in [0.05, 0.1) is 0 Å². The first kappa shape index (κ1) is 18.7. The van der Waals surface area contributed by atoms with Crippen LogP contribution in [0.3, 0.4) is 0 Å². The lowest BCUT2D eigenvalue weighted by molar-refractivity contribution is 0.0937. The summed E-state index contributed by atoms with van der Waals surface area (Å²) < 4.78 is 6.66. The Bertz CT molecular complexity index is 1030. The predicted octanol–water partition coefficient (Wildman–Crippen LogP) is 5.43. The zero-order valence-corrected chi connectivity index (χ0v) is 17.1. The maximum Gasteiger partial charge on any atom is 0.291 e. The second kappa shape index (κ2) is 7.80. The molecule has 0 radical (unpaired) electrons. The molecular weight excluding hydrogens is 420 g/mol. The SMILES string of the molecule is Cc1c(C(=O)Nc2ccc(C(=O)NC3CCCC3)cc2)oc2ccc(Br)cc12. The van der Waals surface area contributed by atoms with Gasteiger partial charge in [-0.05, 0) is 62.2 Å². The van der Waals surface area contributed by atoms with Crippen LogP contribution in [0.5, 0.6) is 0 Å². The minimum Gasteiger partial charge on any atom is -0.451 e. The van der Waals surface area contributed by atoms with Crippen molar-refractivity contribution in [2.45, 2.75) is 38.6 Å². The molecule has 1 aliphatic carbocycles. The number of carbonyl (C=O) groups excluding carboxylic acids is 2. The highest BCUT2D eigenvalue weighted by Crippen LogP contribution is 2.28. The quantitative estimate of drug-likeness (QED) is 0.567. The zero-order valence-electron chi connectivity index (χ0n) is 15.5. The lowest BCUT2D eigenvalue weighted by Gasteiger charge is -2.12. The monoisotopic (exact) mass is 440 g/mol. The summed E-state index contributed by atoms with van der Waals surface area (Å²) in [5.41, 5.74) is 2.67. The van der Waals surface area contributed by atoms with Gasteiger partial charge in [-0.25, -0.2) is 0 Å². The second-order valence-corrected chi connectivity index (χ2v) is 8.10. The van der Waals surface area contributed by atoms with Gasteiger partial charge in [0.15, 0.2) is 5.76 Å². The fourth-order valence-corrected chi connectivity index (χ4v) is 4.00. The number of rotatable bonds is 4. The van der Waals surface area contributed by atoms with E-state index in [1.54, 1.807) is 24.3 Å². The molecule has 6 heteroatoms. The number of aryl methyl sites for hydroxylation is 1. The van der Waals surface area contributed by atoms with Gasteiger partial charge in [-0.1, -0.05) is 28.8 Å². The predicted molar refractivity (Wildman–Crippen MR) is 113 cm³/mol. The normalized spacial score (nSPS) is 14.4. The van der Waals surface area contributed by atoms with E-state index in [1.165, 1.54) is 12.8 Å². The lowest BCUT2D eigenvalue weighted by atomic mass is 10.1. The van der Waals surface area contributed by atoms with Gasteiger partial charge in [0.1, 0.15) is 5.58 Å². The zero-order chi connectivity index (χ0) is 19.7. The van der Waals surface area contributed by atoms with E-state index in [9.17, 15) is 9.59 Å². The molecule has 1 saturated carbocycles. The Labute approximate surface area is 171 Å². The molecule has 3 aromatic rings. The Morgan fingerprint density at radius 1 is 1.04 bits per heavy atom. The first-order valence-corrected chi connectivity index (χ1v) is 10.2. The van der Waals surface area contributed by atoms with Crippen LogP contribution < -0.4 is 10.6 Å². The van der Waals surface area contributed by atoms with E-state index in [4.69, 9.17) is 4.42 Å². The molecule has 5 nitrogen and oxygen atoms in total. The number of amides is 2. The van der Waals surface area contributed by atoms with Crippen molar-refractivity contribution in [2.24, 2.45) is 0 Å². The van der Waals surface area contributed by atoms with Crippen molar-refractivity contribution in [3.05, 3.63) is 63.8 Å². The van der Waals surface area contributed by atoms with Crippen LogP contribution >= 0.6 is 15.9 Å². The van der Waals surface area contributed by atoms with E-state index in [-0.39, 0.29) is 23.6 Å². The van der Waals surface area contributed by atoms with Gasteiger partial charge in [0.25, 0.3) is 11.8 Å². The lowest BCUT2D eigenvalue weighted by Crippen LogP contribution is -2.32. The van der Waals surface area contributed by atoms with Crippen LogP contribution in [0.25, 0.3) is 11.0 Å². The van der Waals surface area contributed by atoms with Crippen LogP contribution in [0.4, 0.5) is 5.69 Å². The summed E-state index contributed by atoms with van der Waals surface area (Å²) in [5.74, 6) is -0.0902. The molecule has 1 fully saturated rings. The van der Waals surface area contributed by atoms with Crippen LogP contribution in [0, 0.1) is 6.92 Å². The smallest absolute Gasteiger partial charge is 0.291 e. The van der Waals surface area contributed by atoms with Gasteiger partial charge in [-0.15, -0.1) is 0 Å². The van der Waals surface area contributed by atoms with Gasteiger partial charge >= 0.3 is 0 Å². The van der Waals surface area contributed by atoms with Crippen molar-refractivity contribution >= 4 is 44.4 Å². The molecular formula is C22H21BrN2O3. The van der Waals surface area contributed by atoms with Crippen LogP contribution in [-0.2, 0) is 0 Å². The third-order valence-electron chi connectivity index (χ3n) is 5.20. The van der Waals surface area contributed by atoms with Gasteiger partial charge in [0.2, 0.25) is 0 Å². The number of benzene rings is 2. The van der Waals surface area contributed by atoms with Gasteiger partial charge in [-0.2, -0.15) is 0 Å². The molecule has 0 unspecified atom stereocenters. The fraction of sp³-hybridized carbons (Fsp3) is 0.273. The first-order valence-electron chi connectivity index (χ1n) is 9.42. The molecule has 2 N–H and O–H groups in total. The molecule has 0 spiro atoms. The molecule has 2 aromatic carbocycles. The number of anilines is 1. The Kier molecular flexibility index (Phi) is 5.22. The van der Waals surface area contributed by atoms with E-state index >= 15 is 0 Å². The molecule has 144 valence electrons. The minimum absolute atomic E-state index is 0.0662. The van der Waals surface area contributed by atoms with E-state index in [0.717, 1.165) is 28.3 Å². The summed E-state index contributed by atoms with van der Waals surface area (Å²) in [4.78, 5) is 25.0. The van der Waals surface area contributed by atoms with Gasteiger partial charge < -0.3 is 15.1 Å². The van der Waals surface area contributed by atoms with E-state index in [2.05, 4.69) is 26.6 Å². The molecule has 0 atom stereocenters. The average Bonchev–Trinajstić information content (AvgIpc) is 3.30. The van der Waals surface area contributed by atoms with Gasteiger partial charge in [0, 0.05) is 32.7 Å². The average molecular weight is 441 g/mol. The summed E-state index contributed by atoms with van der Waals surface area (Å²) in [6.07, 6.45) is 4.45. The Hall–Kier alpha value is -2.60. The molecule has 1 aliphatic rings. The number of carbonyl (C=O) groups is 2. The van der Waals surface area contributed by atoms with E-state index in [0.29, 0.717) is 16.8 Å². The standard InChI is InChI=1S/C22H21BrN2O3/c1-13-18-12-15(23)8-11-19(18)28-20(13)22(27)25-17-9-6-14(7-10-17)21(26)24-16-4-2-3-5-16/h6-12,16H,2-5H2,1H3,(H,24,26)(H,25,27). The topological polar surface area (TPSA) is 71.3 Å². The minimum atomic E-state index is -0.312. The Morgan fingerprint density at radius 3 is 2.46 bits per heavy atom. The number of hydrogen-bond donors (Lipinski definition) is 2. The number of fused-ring (bicyclic) bond motifs is 1. The van der Waals surface area contributed by atoms with Crippen molar-refractivity contribution in [1.29, 1.82) is 0 Å². The third kappa shape index (κ3) is 3.83. The van der Waals surface area contributed by atoms with Crippen LogP contribution in [0.2, 0.25) is 0 Å². The van der Waals surface area contributed by atoms with Crippen LogP contribution in [0.1, 0.15) is 52.2 Å². The summed E-state index contributed by atoms with van der Waals surface area (Å²) in [7, 11) is 0. The van der Waals surface area contributed by atoms with Crippen molar-refractivity contribution < 1.29 is 14.0 Å².